The van der Waals surface area contributed by atoms with Gasteiger partial charge in [0.15, 0.2) is 11.0 Å². The van der Waals surface area contributed by atoms with Crippen molar-refractivity contribution >= 4 is 64.1 Å². The quantitative estimate of drug-likeness (QED) is 0.430. The molecule has 3 rings (SSSR count). The number of carbonyl (C=O) groups excluding carboxylic acids is 2. The molecule has 2 amide bonds. The fourth-order valence-corrected chi connectivity index (χ4v) is 3.95. The molecule has 0 radical (unpaired) electrons. The average molecular weight is 499 g/mol. The van der Waals surface area contributed by atoms with Gasteiger partial charge in [0.1, 0.15) is 0 Å². The molecule has 0 aliphatic rings. The van der Waals surface area contributed by atoms with Crippen molar-refractivity contribution in [2.75, 3.05) is 11.1 Å². The molecule has 2 N–H and O–H groups in total. The number of benzene rings is 2. The van der Waals surface area contributed by atoms with Crippen LogP contribution in [0.4, 0.5) is 5.69 Å². The van der Waals surface area contributed by atoms with Crippen molar-refractivity contribution in [1.29, 1.82) is 0 Å². The number of aromatic nitrogens is 3. The number of rotatable bonds is 8. The molecule has 0 saturated carbocycles. The second kappa shape index (κ2) is 10.9. The Balaban J connectivity index is 1.58. The topological polar surface area (TPSA) is 88.9 Å². The molecule has 3 aromatic rings. The molecule has 0 aliphatic carbocycles. The zero-order valence-electron chi connectivity index (χ0n) is 16.4. The van der Waals surface area contributed by atoms with E-state index in [1.54, 1.807) is 36.4 Å². The standard InChI is InChI=1S/C20H18Cl3N5O2S/c1-2-28-17(10-24-19(30)12-7-8-13(21)15(23)9-12)26-27-20(28)31-11-18(29)25-16-6-4-3-5-14(16)22/h3-9H,2,10-11H2,1H3,(H,24,30)(H,25,29). The smallest absolute Gasteiger partial charge is 0.251 e. The number of hydrogen-bond acceptors (Lipinski definition) is 5. The lowest BCUT2D eigenvalue weighted by atomic mass is 10.2. The molecule has 7 nitrogen and oxygen atoms in total. The Bertz CT molecular complexity index is 1110. The molecule has 0 atom stereocenters. The highest BCUT2D eigenvalue weighted by molar-refractivity contribution is 7.99. The molecule has 31 heavy (non-hydrogen) atoms. The molecule has 1 heterocycles. The van der Waals surface area contributed by atoms with Crippen molar-refractivity contribution in [1.82, 2.24) is 20.1 Å². The second-order valence-electron chi connectivity index (χ2n) is 6.27. The number of nitrogens with one attached hydrogen (secondary N) is 2. The Morgan fingerprint density at radius 2 is 1.81 bits per heavy atom. The van der Waals surface area contributed by atoms with Gasteiger partial charge in [0.05, 0.1) is 33.1 Å². The van der Waals surface area contributed by atoms with Gasteiger partial charge in [-0.25, -0.2) is 0 Å². The van der Waals surface area contributed by atoms with Crippen LogP contribution in [0.25, 0.3) is 0 Å². The van der Waals surface area contributed by atoms with E-state index in [0.29, 0.717) is 43.8 Å². The van der Waals surface area contributed by atoms with Gasteiger partial charge in [0.25, 0.3) is 5.91 Å². The maximum atomic E-state index is 12.4. The fraction of sp³-hybridized carbons (Fsp3) is 0.200. The van der Waals surface area contributed by atoms with Crippen molar-refractivity contribution in [3.8, 4) is 0 Å². The monoisotopic (exact) mass is 497 g/mol. The van der Waals surface area contributed by atoms with Crippen LogP contribution in [-0.2, 0) is 17.9 Å². The third-order valence-electron chi connectivity index (χ3n) is 4.18. The maximum absolute atomic E-state index is 12.4. The van der Waals surface area contributed by atoms with E-state index in [-0.39, 0.29) is 24.1 Å². The predicted octanol–water partition coefficient (Wildman–Crippen LogP) is 4.92. The zero-order chi connectivity index (χ0) is 22.4. The predicted molar refractivity (Wildman–Crippen MR) is 124 cm³/mol. The molecule has 162 valence electrons. The Morgan fingerprint density at radius 1 is 1.03 bits per heavy atom. The first-order valence-corrected chi connectivity index (χ1v) is 11.3. The van der Waals surface area contributed by atoms with Gasteiger partial charge >= 0.3 is 0 Å². The SMILES string of the molecule is CCn1c(CNC(=O)c2ccc(Cl)c(Cl)c2)nnc1SCC(=O)Nc1ccccc1Cl. The minimum atomic E-state index is -0.308. The molecule has 0 fully saturated rings. The molecular formula is C20H18Cl3N5O2S. The number of nitrogens with zero attached hydrogens (tertiary/aromatic N) is 3. The van der Waals surface area contributed by atoms with Crippen LogP contribution in [0.2, 0.25) is 15.1 Å². The Kier molecular flexibility index (Phi) is 8.20. The van der Waals surface area contributed by atoms with Crippen LogP contribution >= 0.6 is 46.6 Å². The van der Waals surface area contributed by atoms with E-state index in [1.807, 2.05) is 11.5 Å². The lowest BCUT2D eigenvalue weighted by molar-refractivity contribution is -0.113. The summed E-state index contributed by atoms with van der Waals surface area (Å²) in [5.74, 6) is 0.194. The van der Waals surface area contributed by atoms with Crippen LogP contribution in [-0.4, -0.2) is 32.3 Å². The number of thioether (sulfide) groups is 1. The number of carbonyl (C=O) groups is 2. The van der Waals surface area contributed by atoms with E-state index >= 15 is 0 Å². The largest absolute Gasteiger partial charge is 0.345 e. The Hall–Kier alpha value is -2.26. The van der Waals surface area contributed by atoms with Crippen LogP contribution in [0.1, 0.15) is 23.1 Å². The third-order valence-corrected chi connectivity index (χ3v) is 6.21. The summed E-state index contributed by atoms with van der Waals surface area (Å²) in [4.78, 5) is 24.6. The normalized spacial score (nSPS) is 10.7. The molecule has 0 saturated heterocycles. The first-order valence-electron chi connectivity index (χ1n) is 9.21. The molecule has 0 unspecified atom stereocenters. The van der Waals surface area contributed by atoms with Crippen LogP contribution in [0, 0.1) is 0 Å². The molecule has 0 bridgehead atoms. The van der Waals surface area contributed by atoms with E-state index in [4.69, 9.17) is 34.8 Å². The van der Waals surface area contributed by atoms with Crippen LogP contribution in [0.5, 0.6) is 0 Å². The number of amides is 2. The summed E-state index contributed by atoms with van der Waals surface area (Å²) >= 11 is 19.2. The molecule has 0 aliphatic heterocycles. The number of anilines is 1. The summed E-state index contributed by atoms with van der Waals surface area (Å²) in [7, 11) is 0. The van der Waals surface area contributed by atoms with E-state index in [9.17, 15) is 9.59 Å². The molecule has 2 aromatic carbocycles. The lowest BCUT2D eigenvalue weighted by Crippen LogP contribution is -2.24. The highest BCUT2D eigenvalue weighted by Gasteiger charge is 2.15. The third kappa shape index (κ3) is 6.13. The first kappa shape index (κ1) is 23.4. The summed E-state index contributed by atoms with van der Waals surface area (Å²) in [5.41, 5.74) is 0.945. The number of para-hydroxylation sites is 1. The van der Waals surface area contributed by atoms with Gasteiger partial charge in [-0.2, -0.15) is 0 Å². The van der Waals surface area contributed by atoms with E-state index in [0.717, 1.165) is 0 Å². The second-order valence-corrected chi connectivity index (χ2v) is 8.44. The highest BCUT2D eigenvalue weighted by Crippen LogP contribution is 2.23. The highest BCUT2D eigenvalue weighted by atomic mass is 35.5. The summed E-state index contributed by atoms with van der Waals surface area (Å²) < 4.78 is 1.84. The van der Waals surface area contributed by atoms with Gasteiger partial charge < -0.3 is 15.2 Å². The molecule has 1 aromatic heterocycles. The summed E-state index contributed by atoms with van der Waals surface area (Å²) in [6.07, 6.45) is 0. The minimum Gasteiger partial charge on any atom is -0.345 e. The van der Waals surface area contributed by atoms with Crippen molar-refractivity contribution in [3.05, 3.63) is 68.9 Å². The van der Waals surface area contributed by atoms with Gasteiger partial charge in [-0.3, -0.25) is 9.59 Å². The zero-order valence-corrected chi connectivity index (χ0v) is 19.4. The van der Waals surface area contributed by atoms with Crippen molar-refractivity contribution < 1.29 is 9.59 Å². The number of hydrogen-bond donors (Lipinski definition) is 2. The van der Waals surface area contributed by atoms with Gasteiger partial charge in [0.2, 0.25) is 5.91 Å². The van der Waals surface area contributed by atoms with E-state index in [1.165, 1.54) is 17.8 Å². The van der Waals surface area contributed by atoms with Gasteiger partial charge in [-0.15, -0.1) is 10.2 Å². The van der Waals surface area contributed by atoms with Crippen LogP contribution in [0.3, 0.4) is 0 Å². The fourth-order valence-electron chi connectivity index (χ4n) is 2.65. The summed E-state index contributed by atoms with van der Waals surface area (Å²) in [5, 5.41) is 15.6. The van der Waals surface area contributed by atoms with Crippen LogP contribution in [0.15, 0.2) is 47.6 Å². The number of halogens is 3. The average Bonchev–Trinajstić information content (AvgIpc) is 3.16. The molecule has 11 heteroatoms. The van der Waals surface area contributed by atoms with Gasteiger partial charge in [-0.05, 0) is 37.3 Å². The lowest BCUT2D eigenvalue weighted by Gasteiger charge is -2.09. The Labute approximate surface area is 198 Å². The van der Waals surface area contributed by atoms with E-state index in [2.05, 4.69) is 20.8 Å². The van der Waals surface area contributed by atoms with Crippen molar-refractivity contribution in [3.63, 3.8) is 0 Å². The van der Waals surface area contributed by atoms with Gasteiger partial charge in [0, 0.05) is 12.1 Å². The summed E-state index contributed by atoms with van der Waals surface area (Å²) in [6, 6.07) is 11.7. The summed E-state index contributed by atoms with van der Waals surface area (Å²) in [6.45, 7) is 2.69. The van der Waals surface area contributed by atoms with E-state index < -0.39 is 0 Å². The molecular weight excluding hydrogens is 481 g/mol. The van der Waals surface area contributed by atoms with Crippen LogP contribution < -0.4 is 10.6 Å². The first-order chi connectivity index (χ1) is 14.9. The van der Waals surface area contributed by atoms with Gasteiger partial charge in [-0.1, -0.05) is 58.7 Å². The minimum absolute atomic E-state index is 0.138. The maximum Gasteiger partial charge on any atom is 0.251 e. The van der Waals surface area contributed by atoms with Crippen molar-refractivity contribution in [2.45, 2.75) is 25.2 Å². The van der Waals surface area contributed by atoms with Crippen molar-refractivity contribution in [2.24, 2.45) is 0 Å². The Morgan fingerprint density at radius 3 is 2.52 bits per heavy atom. The molecule has 0 spiro atoms.